The summed E-state index contributed by atoms with van der Waals surface area (Å²) >= 11 is 0. The number of hydrogen-bond acceptors (Lipinski definition) is 7. The Morgan fingerprint density at radius 1 is 1.03 bits per heavy atom. The highest BCUT2D eigenvalue weighted by Gasteiger charge is 2.21. The van der Waals surface area contributed by atoms with Crippen LogP contribution in [0.1, 0.15) is 5.56 Å². The molecule has 2 heterocycles. The van der Waals surface area contributed by atoms with Crippen molar-refractivity contribution in [1.29, 1.82) is 0 Å². The number of benzene rings is 2. The van der Waals surface area contributed by atoms with Crippen molar-refractivity contribution >= 4 is 22.8 Å². The molecule has 2 aromatic heterocycles. The van der Waals surface area contributed by atoms with Gasteiger partial charge >= 0.3 is 5.69 Å². The van der Waals surface area contributed by atoms with Crippen LogP contribution in [0.2, 0.25) is 0 Å². The number of phenolic OH excluding ortho intramolecular Hbond substituents is 1. The molecular weight excluding hydrogens is 426 g/mol. The second kappa shape index (κ2) is 8.83. The minimum atomic E-state index is -0.967. The van der Waals surface area contributed by atoms with Crippen LogP contribution < -0.4 is 21.3 Å². The van der Waals surface area contributed by atoms with E-state index in [1.807, 2.05) is 31.2 Å². The number of ether oxygens (including phenoxy) is 1. The number of nitrogens with one attached hydrogen (secondary N) is 1. The number of anilines is 2. The van der Waals surface area contributed by atoms with Crippen molar-refractivity contribution in [3.8, 4) is 11.5 Å². The molecule has 0 saturated carbocycles. The summed E-state index contributed by atoms with van der Waals surface area (Å²) in [5.41, 5.74) is 1.05. The molecule has 0 unspecified atom stereocenters. The lowest BCUT2D eigenvalue weighted by Crippen LogP contribution is -2.38. The van der Waals surface area contributed by atoms with Crippen LogP contribution in [0.25, 0.3) is 11.2 Å². The second-order valence-electron chi connectivity index (χ2n) is 7.87. The summed E-state index contributed by atoms with van der Waals surface area (Å²) in [6.07, 6.45) is -0.967. The lowest BCUT2D eigenvalue weighted by atomic mass is 10.2. The van der Waals surface area contributed by atoms with Crippen LogP contribution in [0.15, 0.2) is 58.1 Å². The van der Waals surface area contributed by atoms with Gasteiger partial charge in [0.1, 0.15) is 24.2 Å². The van der Waals surface area contributed by atoms with E-state index in [1.165, 1.54) is 35.4 Å². The van der Waals surface area contributed by atoms with Crippen LogP contribution >= 0.6 is 0 Å². The number of hydrogen-bond donors (Lipinski definition) is 3. The molecule has 0 amide bonds. The molecule has 10 nitrogen and oxygen atoms in total. The van der Waals surface area contributed by atoms with E-state index in [4.69, 9.17) is 4.74 Å². The molecule has 3 N–H and O–H groups in total. The Morgan fingerprint density at radius 2 is 1.70 bits per heavy atom. The average molecular weight is 451 g/mol. The number of aliphatic hydroxyl groups is 1. The highest BCUT2D eigenvalue weighted by molar-refractivity contribution is 5.75. The maximum atomic E-state index is 12.9. The Hall–Kier alpha value is -4.05. The van der Waals surface area contributed by atoms with Gasteiger partial charge in [-0.2, -0.15) is 4.98 Å². The number of fused-ring (bicyclic) bond motifs is 1. The van der Waals surface area contributed by atoms with E-state index in [1.54, 1.807) is 12.1 Å². The number of aryl methyl sites for hydroxylation is 2. The van der Waals surface area contributed by atoms with Crippen molar-refractivity contribution < 1.29 is 14.9 Å². The predicted octanol–water partition coefficient (Wildman–Crippen LogP) is 1.63. The second-order valence-corrected chi connectivity index (χ2v) is 7.87. The highest BCUT2D eigenvalue weighted by atomic mass is 16.5. The van der Waals surface area contributed by atoms with Crippen molar-refractivity contribution in [2.45, 2.75) is 19.6 Å². The molecular formula is C23H25N5O5. The molecule has 0 saturated heterocycles. The van der Waals surface area contributed by atoms with Gasteiger partial charge in [0.15, 0.2) is 11.2 Å². The summed E-state index contributed by atoms with van der Waals surface area (Å²) in [6, 6.07) is 13.8. The van der Waals surface area contributed by atoms with Gasteiger partial charge in [-0.15, -0.1) is 0 Å². The van der Waals surface area contributed by atoms with Gasteiger partial charge < -0.3 is 24.8 Å². The summed E-state index contributed by atoms with van der Waals surface area (Å²) in [6.45, 7) is 1.96. The molecule has 4 rings (SSSR count). The minimum absolute atomic E-state index is 0.00375. The maximum Gasteiger partial charge on any atom is 0.332 e. The highest BCUT2D eigenvalue weighted by Crippen LogP contribution is 2.22. The van der Waals surface area contributed by atoms with Crippen molar-refractivity contribution in [1.82, 2.24) is 18.7 Å². The molecule has 0 aliphatic rings. The first-order valence-corrected chi connectivity index (χ1v) is 10.3. The lowest BCUT2D eigenvalue weighted by Gasteiger charge is -2.16. The number of imidazole rings is 1. The largest absolute Gasteiger partial charge is 0.508 e. The predicted molar refractivity (Wildman–Crippen MR) is 124 cm³/mol. The molecule has 0 spiro atoms. The smallest absolute Gasteiger partial charge is 0.332 e. The van der Waals surface area contributed by atoms with Gasteiger partial charge in [-0.25, -0.2) is 4.79 Å². The molecule has 2 aromatic carbocycles. The molecule has 0 aliphatic carbocycles. The van der Waals surface area contributed by atoms with Gasteiger partial charge in [0, 0.05) is 19.8 Å². The molecule has 4 aromatic rings. The first-order chi connectivity index (χ1) is 15.7. The van der Waals surface area contributed by atoms with Crippen molar-refractivity contribution in [3.05, 3.63) is 74.9 Å². The third-order valence-electron chi connectivity index (χ3n) is 5.33. The molecule has 1 atom stereocenters. The van der Waals surface area contributed by atoms with Crippen LogP contribution in [0.4, 0.5) is 11.6 Å². The molecule has 10 heteroatoms. The van der Waals surface area contributed by atoms with E-state index in [0.29, 0.717) is 11.4 Å². The fourth-order valence-electron chi connectivity index (χ4n) is 3.48. The lowest BCUT2D eigenvalue weighted by molar-refractivity contribution is 0.0938. The molecule has 0 radical (unpaired) electrons. The summed E-state index contributed by atoms with van der Waals surface area (Å²) < 4.78 is 9.50. The van der Waals surface area contributed by atoms with Crippen LogP contribution in [0.3, 0.4) is 0 Å². The Bertz CT molecular complexity index is 1400. The van der Waals surface area contributed by atoms with E-state index < -0.39 is 17.4 Å². The van der Waals surface area contributed by atoms with Crippen molar-refractivity contribution in [3.63, 3.8) is 0 Å². The number of rotatable bonds is 7. The van der Waals surface area contributed by atoms with Crippen LogP contribution in [-0.2, 0) is 20.6 Å². The van der Waals surface area contributed by atoms with Crippen molar-refractivity contribution in [2.75, 3.05) is 11.9 Å². The zero-order chi connectivity index (χ0) is 23.7. The first-order valence-electron chi connectivity index (χ1n) is 10.3. The van der Waals surface area contributed by atoms with E-state index in [0.717, 1.165) is 10.1 Å². The van der Waals surface area contributed by atoms with Gasteiger partial charge in [-0.05, 0) is 43.3 Å². The Balaban J connectivity index is 1.70. The molecule has 0 aliphatic heterocycles. The normalized spacial score (nSPS) is 12.1. The quantitative estimate of drug-likeness (QED) is 0.365. The summed E-state index contributed by atoms with van der Waals surface area (Å²) in [5, 5.41) is 23.3. The zero-order valence-electron chi connectivity index (χ0n) is 18.5. The van der Waals surface area contributed by atoms with Gasteiger partial charge in [0.25, 0.3) is 5.56 Å². The van der Waals surface area contributed by atoms with Gasteiger partial charge in [-0.3, -0.25) is 13.9 Å². The summed E-state index contributed by atoms with van der Waals surface area (Å²) in [7, 11) is 2.92. The third-order valence-corrected chi connectivity index (χ3v) is 5.33. The maximum absolute atomic E-state index is 12.9. The Kier molecular flexibility index (Phi) is 5.93. The standard InChI is InChI=1S/C23H25N5O5/c1-14-4-10-18(11-5-14)33-13-17(30)12-28-19-20(26(2)23(32)27(3)21(19)31)25-22(28)24-15-6-8-16(29)9-7-15/h4-11,17,29-30H,12-13H2,1-3H3,(H,24,25)/t17-/m0/s1. The van der Waals surface area contributed by atoms with Crippen molar-refractivity contribution in [2.24, 2.45) is 14.1 Å². The molecule has 33 heavy (non-hydrogen) atoms. The fraction of sp³-hybridized carbons (Fsp3) is 0.261. The SMILES string of the molecule is Cc1ccc(OC[C@@H](O)Cn2c(Nc3ccc(O)cc3)nc3c2c(=O)n(C)c(=O)n3C)cc1. The number of aliphatic hydroxyl groups excluding tert-OH is 1. The fourth-order valence-corrected chi connectivity index (χ4v) is 3.48. The Morgan fingerprint density at radius 3 is 2.36 bits per heavy atom. The Labute approximate surface area is 188 Å². The van der Waals surface area contributed by atoms with Crippen LogP contribution in [0, 0.1) is 6.92 Å². The summed E-state index contributed by atoms with van der Waals surface area (Å²) in [5.74, 6) is 0.994. The van der Waals surface area contributed by atoms with Crippen LogP contribution in [0.5, 0.6) is 11.5 Å². The summed E-state index contributed by atoms with van der Waals surface area (Å²) in [4.78, 5) is 29.8. The minimum Gasteiger partial charge on any atom is -0.508 e. The van der Waals surface area contributed by atoms with E-state index in [9.17, 15) is 19.8 Å². The van der Waals surface area contributed by atoms with Gasteiger partial charge in [0.2, 0.25) is 5.95 Å². The van der Waals surface area contributed by atoms with E-state index in [-0.39, 0.29) is 36.0 Å². The topological polar surface area (TPSA) is 124 Å². The van der Waals surface area contributed by atoms with E-state index >= 15 is 0 Å². The molecule has 172 valence electrons. The zero-order valence-corrected chi connectivity index (χ0v) is 18.5. The van der Waals surface area contributed by atoms with E-state index in [2.05, 4.69) is 10.3 Å². The number of aromatic nitrogens is 4. The number of aromatic hydroxyl groups is 1. The first kappa shape index (κ1) is 22.2. The molecule has 0 bridgehead atoms. The number of phenols is 1. The average Bonchev–Trinajstić information content (AvgIpc) is 3.15. The van der Waals surface area contributed by atoms with Gasteiger partial charge in [0.05, 0.1) is 6.54 Å². The number of nitrogens with zero attached hydrogens (tertiary/aromatic N) is 4. The van der Waals surface area contributed by atoms with Gasteiger partial charge in [-0.1, -0.05) is 17.7 Å². The van der Waals surface area contributed by atoms with Crippen LogP contribution in [-0.4, -0.2) is 41.6 Å². The third kappa shape index (κ3) is 4.46. The molecule has 0 fully saturated rings. The monoisotopic (exact) mass is 451 g/mol.